The van der Waals surface area contributed by atoms with E-state index in [1.54, 1.807) is 18.2 Å². The van der Waals surface area contributed by atoms with Gasteiger partial charge in [-0.3, -0.25) is 4.79 Å². The summed E-state index contributed by atoms with van der Waals surface area (Å²) < 4.78 is 43.4. The molecule has 110 valence electrons. The van der Waals surface area contributed by atoms with Crippen LogP contribution < -0.4 is 0 Å². The van der Waals surface area contributed by atoms with Crippen molar-refractivity contribution >= 4 is 28.6 Å². The summed E-state index contributed by atoms with van der Waals surface area (Å²) in [5, 5.41) is 0.122. The van der Waals surface area contributed by atoms with Gasteiger partial charge in [0.05, 0.1) is 12.1 Å². The van der Waals surface area contributed by atoms with Crippen molar-refractivity contribution in [1.82, 2.24) is 9.97 Å². The number of fused-ring (bicyclic) bond motifs is 1. The van der Waals surface area contributed by atoms with Crippen molar-refractivity contribution in [3.8, 4) is 0 Å². The molecular formula is C13H9F3N2O2S. The van der Waals surface area contributed by atoms with E-state index in [0.717, 1.165) is 11.8 Å². The van der Waals surface area contributed by atoms with Gasteiger partial charge in [-0.25, -0.2) is 9.97 Å². The van der Waals surface area contributed by atoms with Gasteiger partial charge in [0, 0.05) is 11.8 Å². The lowest BCUT2D eigenvalue weighted by Gasteiger charge is -2.11. The van der Waals surface area contributed by atoms with Gasteiger partial charge in [0.1, 0.15) is 10.3 Å². The second kappa shape index (κ2) is 5.18. The van der Waals surface area contributed by atoms with Crippen LogP contribution in [0.15, 0.2) is 29.3 Å². The van der Waals surface area contributed by atoms with E-state index in [-0.39, 0.29) is 17.1 Å². The highest BCUT2D eigenvalue weighted by molar-refractivity contribution is 8.00. The highest BCUT2D eigenvalue weighted by Crippen LogP contribution is 2.35. The summed E-state index contributed by atoms with van der Waals surface area (Å²) in [4.78, 5) is 18.6. The van der Waals surface area contributed by atoms with E-state index >= 15 is 0 Å². The summed E-state index contributed by atoms with van der Waals surface area (Å²) in [6.45, 7) is 0.283. The molecule has 0 aliphatic carbocycles. The molecule has 1 aliphatic heterocycles. The minimum Gasteiger partial charge on any atom is -0.465 e. The Morgan fingerprint density at radius 2 is 2.00 bits per heavy atom. The molecule has 2 aromatic rings. The summed E-state index contributed by atoms with van der Waals surface area (Å²) >= 11 is 0.993. The lowest BCUT2D eigenvalue weighted by atomic mass is 10.2. The average Bonchev–Trinajstić information content (AvgIpc) is 2.83. The van der Waals surface area contributed by atoms with Crippen molar-refractivity contribution in [1.29, 1.82) is 0 Å². The van der Waals surface area contributed by atoms with Crippen LogP contribution in [0.3, 0.4) is 0 Å². The summed E-state index contributed by atoms with van der Waals surface area (Å²) in [5.74, 6) is -1.62. The van der Waals surface area contributed by atoms with E-state index in [2.05, 4.69) is 9.97 Å². The largest absolute Gasteiger partial charge is 0.465 e. The lowest BCUT2D eigenvalue weighted by Crippen LogP contribution is -2.14. The number of esters is 1. The fraction of sp³-hybridized carbons (Fsp3) is 0.308. The van der Waals surface area contributed by atoms with Crippen molar-refractivity contribution in [2.45, 2.75) is 22.9 Å². The zero-order valence-corrected chi connectivity index (χ0v) is 11.4. The highest BCUT2D eigenvalue weighted by atomic mass is 32.2. The quantitative estimate of drug-likeness (QED) is 0.630. The minimum absolute atomic E-state index is 0.150. The van der Waals surface area contributed by atoms with Gasteiger partial charge in [-0.1, -0.05) is 30.0 Å². The maximum Gasteiger partial charge on any atom is 0.451 e. The zero-order chi connectivity index (χ0) is 15.0. The molecule has 0 unspecified atom stereocenters. The van der Waals surface area contributed by atoms with Crippen LogP contribution in [0, 0.1) is 0 Å². The van der Waals surface area contributed by atoms with Crippen molar-refractivity contribution in [3.63, 3.8) is 0 Å². The van der Waals surface area contributed by atoms with Crippen molar-refractivity contribution in [2.75, 3.05) is 6.61 Å². The number of hydrogen-bond acceptors (Lipinski definition) is 5. The van der Waals surface area contributed by atoms with Gasteiger partial charge in [0.2, 0.25) is 5.82 Å². The molecule has 0 amide bonds. The lowest BCUT2D eigenvalue weighted by molar-refractivity contribution is -0.145. The molecular weight excluding hydrogens is 305 g/mol. The van der Waals surface area contributed by atoms with Crippen molar-refractivity contribution in [2.24, 2.45) is 0 Å². The van der Waals surface area contributed by atoms with Crippen LogP contribution in [0.25, 0.3) is 10.9 Å². The standard InChI is InChI=1S/C13H9F3N2O2S/c14-13(15,16)12-17-8-4-2-1-3-7(8)10(18-12)21-9-5-6-20-11(9)19/h1-4,9H,5-6H2/t9-/m0/s1. The zero-order valence-electron chi connectivity index (χ0n) is 10.6. The molecule has 2 heterocycles. The van der Waals surface area contributed by atoms with Crippen LogP contribution in [0.4, 0.5) is 13.2 Å². The smallest absolute Gasteiger partial charge is 0.451 e. The number of rotatable bonds is 2. The normalized spacial score (nSPS) is 19.0. The number of carbonyl (C=O) groups excluding carboxylic acids is 1. The first-order valence-electron chi connectivity index (χ1n) is 6.12. The molecule has 0 bridgehead atoms. The number of cyclic esters (lactones) is 1. The van der Waals surface area contributed by atoms with Gasteiger partial charge in [-0.05, 0) is 6.07 Å². The third-order valence-corrected chi connectivity index (χ3v) is 4.21. The Bertz CT molecular complexity index is 705. The molecule has 0 radical (unpaired) electrons. The SMILES string of the molecule is O=C1OCC[C@@H]1Sc1nc(C(F)(F)F)nc2ccccc12. The highest BCUT2D eigenvalue weighted by Gasteiger charge is 2.36. The second-order valence-corrected chi connectivity index (χ2v) is 5.62. The number of nitrogens with zero attached hydrogens (tertiary/aromatic N) is 2. The molecule has 4 nitrogen and oxygen atoms in total. The van der Waals surface area contributed by atoms with E-state index < -0.39 is 23.2 Å². The number of alkyl halides is 3. The first-order chi connectivity index (χ1) is 9.95. The van der Waals surface area contributed by atoms with Crippen LogP contribution in [0.2, 0.25) is 0 Å². The number of aromatic nitrogens is 2. The molecule has 1 aliphatic rings. The maximum atomic E-state index is 12.9. The molecule has 1 aromatic heterocycles. The number of thioether (sulfide) groups is 1. The summed E-state index contributed by atoms with van der Waals surface area (Å²) in [5.41, 5.74) is 0.202. The number of hydrogen-bond donors (Lipinski definition) is 0. The van der Waals surface area contributed by atoms with Gasteiger partial charge < -0.3 is 4.74 Å². The molecule has 1 atom stereocenters. The van der Waals surface area contributed by atoms with Crippen LogP contribution >= 0.6 is 11.8 Å². The second-order valence-electron chi connectivity index (χ2n) is 4.43. The van der Waals surface area contributed by atoms with Crippen LogP contribution in [0.5, 0.6) is 0 Å². The molecule has 1 saturated heterocycles. The molecule has 1 aromatic carbocycles. The van der Waals surface area contributed by atoms with Gasteiger partial charge in [0.25, 0.3) is 0 Å². The number of para-hydroxylation sites is 1. The Kier molecular flexibility index (Phi) is 3.48. The van der Waals surface area contributed by atoms with Crippen LogP contribution in [-0.4, -0.2) is 27.8 Å². The Morgan fingerprint density at radius 1 is 1.24 bits per heavy atom. The molecule has 3 rings (SSSR count). The molecule has 8 heteroatoms. The van der Waals surface area contributed by atoms with E-state index in [4.69, 9.17) is 4.74 Å². The average molecular weight is 314 g/mol. The summed E-state index contributed by atoms with van der Waals surface area (Å²) in [6.07, 6.45) is -4.17. The number of ether oxygens (including phenoxy) is 1. The number of benzene rings is 1. The van der Waals surface area contributed by atoms with E-state index in [9.17, 15) is 18.0 Å². The number of halogens is 3. The Morgan fingerprint density at radius 3 is 2.67 bits per heavy atom. The fourth-order valence-electron chi connectivity index (χ4n) is 1.98. The van der Waals surface area contributed by atoms with E-state index in [1.165, 1.54) is 6.07 Å². The fourth-order valence-corrected chi connectivity index (χ4v) is 3.07. The van der Waals surface area contributed by atoms with Gasteiger partial charge in [-0.2, -0.15) is 13.2 Å². The summed E-state index contributed by atoms with van der Waals surface area (Å²) in [7, 11) is 0. The van der Waals surface area contributed by atoms with Crippen molar-refractivity contribution in [3.05, 3.63) is 30.1 Å². The third-order valence-electron chi connectivity index (χ3n) is 2.96. The van der Waals surface area contributed by atoms with Gasteiger partial charge in [-0.15, -0.1) is 0 Å². The van der Waals surface area contributed by atoms with E-state index in [1.807, 2.05) is 0 Å². The van der Waals surface area contributed by atoms with Gasteiger partial charge >= 0.3 is 12.1 Å². The number of carbonyl (C=O) groups is 1. The topological polar surface area (TPSA) is 52.1 Å². The Balaban J connectivity index is 2.08. The Hall–Kier alpha value is -1.83. The summed E-state index contributed by atoms with van der Waals surface area (Å²) in [6, 6.07) is 6.42. The van der Waals surface area contributed by atoms with Crippen molar-refractivity contribution < 1.29 is 22.7 Å². The first kappa shape index (κ1) is 14.1. The molecule has 0 N–H and O–H groups in total. The van der Waals surface area contributed by atoms with Crippen LogP contribution in [0.1, 0.15) is 12.2 Å². The molecule has 1 fully saturated rings. The molecule has 21 heavy (non-hydrogen) atoms. The molecule has 0 saturated carbocycles. The Labute approximate surface area is 121 Å². The monoisotopic (exact) mass is 314 g/mol. The third kappa shape index (κ3) is 2.80. The predicted octanol–water partition coefficient (Wildman–Crippen LogP) is 3.06. The maximum absolute atomic E-state index is 12.9. The van der Waals surface area contributed by atoms with Gasteiger partial charge in [0.15, 0.2) is 0 Å². The first-order valence-corrected chi connectivity index (χ1v) is 7.00. The molecule has 0 spiro atoms. The minimum atomic E-state index is -4.63. The van der Waals surface area contributed by atoms with Crippen LogP contribution in [-0.2, 0) is 15.7 Å². The predicted molar refractivity (Wildman–Crippen MR) is 69.8 cm³/mol. The van der Waals surface area contributed by atoms with E-state index in [0.29, 0.717) is 11.8 Å².